The fourth-order valence-corrected chi connectivity index (χ4v) is 4.72. The molecule has 1 aliphatic rings. The number of rotatable bonds is 6. The second-order valence-corrected chi connectivity index (χ2v) is 9.56. The molecular weight excluding hydrogens is 508 g/mol. The van der Waals surface area contributed by atoms with Gasteiger partial charge < -0.3 is 5.32 Å². The Labute approximate surface area is 204 Å². The zero-order chi connectivity index (χ0) is 23.7. The molecule has 9 heteroatoms. The van der Waals surface area contributed by atoms with Crippen LogP contribution in [0.4, 0.5) is 0 Å². The van der Waals surface area contributed by atoms with Crippen LogP contribution in [0.5, 0.6) is 0 Å². The maximum Gasteiger partial charge on any atom is 0.269 e. The summed E-state index contributed by atoms with van der Waals surface area (Å²) in [4.78, 5) is 42.3. The van der Waals surface area contributed by atoms with Crippen LogP contribution in [-0.4, -0.2) is 38.8 Å². The normalized spacial score (nSPS) is 18.1. The lowest BCUT2D eigenvalue weighted by Gasteiger charge is -2.17. The van der Waals surface area contributed by atoms with Gasteiger partial charge in [0, 0.05) is 35.7 Å². The standard InChI is InChI=1S/C24H22BrClN4O3/c1-13-7-18(30-12-17(26)11-29-30)8-14(2)21(13)22-20(31)9-15(23(22)32)5-6-27-24(33)19-4-3-16(25)10-28-19/h3-4,7-8,10-12,15,22H,5-6,9H2,1-2H3,(H,27,33). The number of aryl methyl sites for hydroxylation is 2. The highest BCUT2D eigenvalue weighted by molar-refractivity contribution is 9.10. The van der Waals surface area contributed by atoms with E-state index >= 15 is 0 Å². The summed E-state index contributed by atoms with van der Waals surface area (Å²) in [5.41, 5.74) is 3.60. The lowest BCUT2D eigenvalue weighted by Crippen LogP contribution is -2.28. The molecule has 170 valence electrons. The fraction of sp³-hybridized carbons (Fsp3) is 0.292. The highest BCUT2D eigenvalue weighted by Crippen LogP contribution is 2.37. The van der Waals surface area contributed by atoms with Crippen molar-refractivity contribution in [2.75, 3.05) is 6.54 Å². The van der Waals surface area contributed by atoms with Crippen LogP contribution in [0.25, 0.3) is 5.69 Å². The number of aromatic nitrogens is 3. The van der Waals surface area contributed by atoms with Crippen molar-refractivity contribution in [2.45, 2.75) is 32.6 Å². The number of benzene rings is 1. The van der Waals surface area contributed by atoms with Gasteiger partial charge in [-0.3, -0.25) is 14.4 Å². The average Bonchev–Trinajstić information content (AvgIpc) is 3.32. The number of hydrogen-bond acceptors (Lipinski definition) is 5. The number of ketones is 2. The first-order valence-corrected chi connectivity index (χ1v) is 11.7. The van der Waals surface area contributed by atoms with Crippen LogP contribution < -0.4 is 5.32 Å². The van der Waals surface area contributed by atoms with Gasteiger partial charge in [-0.1, -0.05) is 11.6 Å². The Bertz CT molecular complexity index is 1220. The van der Waals surface area contributed by atoms with Crippen LogP contribution in [-0.2, 0) is 9.59 Å². The van der Waals surface area contributed by atoms with Gasteiger partial charge in [0.25, 0.3) is 5.91 Å². The van der Waals surface area contributed by atoms with Crippen molar-refractivity contribution in [1.82, 2.24) is 20.1 Å². The molecule has 1 fully saturated rings. The quantitative estimate of drug-likeness (QED) is 0.479. The lowest BCUT2D eigenvalue weighted by molar-refractivity contribution is -0.124. The largest absolute Gasteiger partial charge is 0.351 e. The smallest absolute Gasteiger partial charge is 0.269 e. The number of Topliss-reactive ketones (excluding diaryl/α,β-unsaturated/α-hetero) is 2. The molecule has 0 saturated heterocycles. The molecule has 0 bridgehead atoms. The monoisotopic (exact) mass is 528 g/mol. The van der Waals surface area contributed by atoms with Crippen LogP contribution >= 0.6 is 27.5 Å². The summed E-state index contributed by atoms with van der Waals surface area (Å²) in [5.74, 6) is -1.65. The van der Waals surface area contributed by atoms with Gasteiger partial charge in [-0.2, -0.15) is 5.10 Å². The van der Waals surface area contributed by atoms with E-state index in [0.29, 0.717) is 23.7 Å². The van der Waals surface area contributed by atoms with Gasteiger partial charge in [0.05, 0.1) is 16.9 Å². The second kappa shape index (κ2) is 9.57. The van der Waals surface area contributed by atoms with Crippen molar-refractivity contribution >= 4 is 45.0 Å². The molecule has 2 heterocycles. The Morgan fingerprint density at radius 3 is 2.55 bits per heavy atom. The summed E-state index contributed by atoms with van der Waals surface area (Å²) in [5, 5.41) is 7.54. The summed E-state index contributed by atoms with van der Waals surface area (Å²) in [6.45, 7) is 4.09. The Kier molecular flexibility index (Phi) is 6.76. The van der Waals surface area contributed by atoms with E-state index in [4.69, 9.17) is 11.6 Å². The van der Waals surface area contributed by atoms with E-state index in [1.807, 2.05) is 26.0 Å². The van der Waals surface area contributed by atoms with Crippen molar-refractivity contribution < 1.29 is 14.4 Å². The van der Waals surface area contributed by atoms with E-state index < -0.39 is 11.8 Å². The van der Waals surface area contributed by atoms with Crippen LogP contribution in [0.1, 0.15) is 45.9 Å². The number of carbonyl (C=O) groups is 3. The Morgan fingerprint density at radius 2 is 1.94 bits per heavy atom. The van der Waals surface area contributed by atoms with Crippen LogP contribution in [0, 0.1) is 19.8 Å². The Balaban J connectivity index is 1.45. The molecule has 1 N–H and O–H groups in total. The Morgan fingerprint density at radius 1 is 1.21 bits per heavy atom. The third kappa shape index (κ3) is 4.91. The summed E-state index contributed by atoms with van der Waals surface area (Å²) in [6.07, 6.45) is 5.40. The summed E-state index contributed by atoms with van der Waals surface area (Å²) >= 11 is 9.26. The predicted octanol–water partition coefficient (Wildman–Crippen LogP) is 4.36. The molecule has 4 rings (SSSR count). The zero-order valence-corrected chi connectivity index (χ0v) is 20.5. The van der Waals surface area contributed by atoms with Gasteiger partial charge in [-0.25, -0.2) is 9.67 Å². The molecule has 1 aliphatic carbocycles. The molecule has 0 aliphatic heterocycles. The van der Waals surface area contributed by atoms with E-state index in [2.05, 4.69) is 31.3 Å². The van der Waals surface area contributed by atoms with Gasteiger partial charge in [0.1, 0.15) is 17.4 Å². The van der Waals surface area contributed by atoms with Gasteiger partial charge >= 0.3 is 0 Å². The van der Waals surface area contributed by atoms with Crippen LogP contribution in [0.3, 0.4) is 0 Å². The van der Waals surface area contributed by atoms with Gasteiger partial charge in [0.2, 0.25) is 0 Å². The van der Waals surface area contributed by atoms with Gasteiger partial charge in [-0.15, -0.1) is 0 Å². The zero-order valence-electron chi connectivity index (χ0n) is 18.1. The lowest BCUT2D eigenvalue weighted by atomic mass is 9.87. The molecule has 2 unspecified atom stereocenters. The third-order valence-corrected chi connectivity index (χ3v) is 6.54. The first-order valence-electron chi connectivity index (χ1n) is 10.5. The van der Waals surface area contributed by atoms with Crippen molar-refractivity contribution in [1.29, 1.82) is 0 Å². The highest BCUT2D eigenvalue weighted by atomic mass is 79.9. The number of nitrogens with zero attached hydrogens (tertiary/aromatic N) is 3. The molecule has 2 atom stereocenters. The summed E-state index contributed by atoms with van der Waals surface area (Å²) < 4.78 is 2.45. The minimum Gasteiger partial charge on any atom is -0.351 e. The predicted molar refractivity (Wildman–Crippen MR) is 128 cm³/mol. The molecular formula is C24H22BrClN4O3. The van der Waals surface area contributed by atoms with Crippen LogP contribution in [0.15, 0.2) is 47.3 Å². The van der Waals surface area contributed by atoms with E-state index in [9.17, 15) is 14.4 Å². The molecule has 33 heavy (non-hydrogen) atoms. The number of amides is 1. The van der Waals surface area contributed by atoms with Crippen molar-refractivity contribution in [2.24, 2.45) is 5.92 Å². The number of nitrogens with one attached hydrogen (secondary N) is 1. The fourth-order valence-electron chi connectivity index (χ4n) is 4.35. The summed E-state index contributed by atoms with van der Waals surface area (Å²) in [6, 6.07) is 7.17. The molecule has 0 spiro atoms. The number of pyridine rings is 1. The Hall–Kier alpha value is -2.84. The van der Waals surface area contributed by atoms with E-state index in [-0.39, 0.29) is 23.9 Å². The maximum absolute atomic E-state index is 13.2. The molecule has 7 nitrogen and oxygen atoms in total. The summed E-state index contributed by atoms with van der Waals surface area (Å²) in [7, 11) is 0. The van der Waals surface area contributed by atoms with Crippen molar-refractivity contribution in [3.8, 4) is 5.69 Å². The number of halogens is 2. The molecule has 1 aromatic carbocycles. The molecule has 3 aromatic rings. The first-order chi connectivity index (χ1) is 15.7. The molecule has 1 saturated carbocycles. The molecule has 0 radical (unpaired) electrons. The third-order valence-electron chi connectivity index (χ3n) is 5.88. The minimum atomic E-state index is -0.769. The molecule has 1 amide bonds. The van der Waals surface area contributed by atoms with E-state index in [1.54, 1.807) is 35.4 Å². The maximum atomic E-state index is 13.2. The van der Waals surface area contributed by atoms with E-state index in [0.717, 1.165) is 26.9 Å². The van der Waals surface area contributed by atoms with Crippen molar-refractivity contribution in [3.63, 3.8) is 0 Å². The number of hydrogen-bond donors (Lipinski definition) is 1. The highest BCUT2D eigenvalue weighted by Gasteiger charge is 2.42. The van der Waals surface area contributed by atoms with Gasteiger partial charge in [-0.05, 0) is 77.2 Å². The van der Waals surface area contributed by atoms with Gasteiger partial charge in [0.15, 0.2) is 5.78 Å². The van der Waals surface area contributed by atoms with Crippen LogP contribution in [0.2, 0.25) is 5.02 Å². The SMILES string of the molecule is Cc1cc(-n2cc(Cl)cn2)cc(C)c1C1C(=O)CC(CCNC(=O)c2ccc(Br)cn2)C1=O. The molecule has 2 aromatic heterocycles. The second-order valence-electron chi connectivity index (χ2n) is 8.21. The van der Waals surface area contributed by atoms with E-state index in [1.165, 1.54) is 0 Å². The topological polar surface area (TPSA) is 93.9 Å². The minimum absolute atomic E-state index is 0.0769. The first kappa shape index (κ1) is 23.3. The van der Waals surface area contributed by atoms with Crippen molar-refractivity contribution in [3.05, 3.63) is 74.7 Å². The average molecular weight is 530 g/mol. The number of carbonyl (C=O) groups excluding carboxylic acids is 3.